The van der Waals surface area contributed by atoms with Gasteiger partial charge in [-0.05, 0) is 36.3 Å². The summed E-state index contributed by atoms with van der Waals surface area (Å²) in [5.41, 5.74) is 1.43. The monoisotopic (exact) mass is 378 g/mol. The summed E-state index contributed by atoms with van der Waals surface area (Å²) < 4.78 is 0. The molecule has 0 bridgehead atoms. The van der Waals surface area contributed by atoms with E-state index in [1.807, 2.05) is 6.92 Å². The maximum atomic E-state index is 12.3. The molecule has 0 N–H and O–H groups in total. The van der Waals surface area contributed by atoms with Crippen molar-refractivity contribution in [1.82, 2.24) is 4.90 Å². The normalized spacial score (nSPS) is 12.2. The maximum Gasteiger partial charge on any atom is 0.269 e. The lowest BCUT2D eigenvalue weighted by atomic mass is 10.1. The molecule has 2 rings (SSSR count). The Morgan fingerprint density at radius 1 is 1.20 bits per heavy atom. The summed E-state index contributed by atoms with van der Waals surface area (Å²) in [5.74, 6) is -0.231. The van der Waals surface area contributed by atoms with Crippen LogP contribution in [0.15, 0.2) is 48.5 Å². The van der Waals surface area contributed by atoms with Gasteiger partial charge in [-0.15, -0.1) is 0 Å². The topological polar surface area (TPSA) is 63.5 Å². The Bertz CT molecular complexity index is 837. The number of nitrogens with zero attached hydrogens (tertiary/aromatic N) is 2. The minimum atomic E-state index is -0.456. The van der Waals surface area contributed by atoms with Crippen LogP contribution in [0.3, 0.4) is 0 Å². The number of amides is 1. The second-order valence-corrected chi connectivity index (χ2v) is 6.30. The zero-order valence-electron chi connectivity index (χ0n) is 13.6. The lowest BCUT2D eigenvalue weighted by Crippen LogP contribution is -2.28. The van der Waals surface area contributed by atoms with Gasteiger partial charge in [0.25, 0.3) is 5.69 Å². The number of nitro groups is 1. The van der Waals surface area contributed by atoms with Crippen LogP contribution in [0.5, 0.6) is 0 Å². The summed E-state index contributed by atoms with van der Waals surface area (Å²) in [6.45, 7) is 1.81. The Balaban J connectivity index is 2.13. The minimum absolute atomic E-state index is 0.00320. The van der Waals surface area contributed by atoms with E-state index in [1.165, 1.54) is 23.1 Å². The van der Waals surface area contributed by atoms with Gasteiger partial charge in [0, 0.05) is 25.3 Å². The summed E-state index contributed by atoms with van der Waals surface area (Å²) in [6.07, 6.45) is 3.06. The molecule has 5 nitrogen and oxygen atoms in total. The van der Waals surface area contributed by atoms with Gasteiger partial charge in [-0.3, -0.25) is 14.9 Å². The van der Waals surface area contributed by atoms with Crippen LogP contribution in [0.1, 0.15) is 24.1 Å². The molecule has 0 spiro atoms. The van der Waals surface area contributed by atoms with Crippen LogP contribution in [-0.2, 0) is 4.79 Å². The number of rotatable bonds is 5. The Morgan fingerprint density at radius 3 is 2.56 bits per heavy atom. The molecular weight excluding hydrogens is 363 g/mol. The summed E-state index contributed by atoms with van der Waals surface area (Å²) in [7, 11) is 1.64. The van der Waals surface area contributed by atoms with Crippen LogP contribution < -0.4 is 0 Å². The number of carbonyl (C=O) groups is 1. The van der Waals surface area contributed by atoms with Crippen LogP contribution in [0.25, 0.3) is 6.08 Å². The zero-order valence-corrected chi connectivity index (χ0v) is 15.2. The highest BCUT2D eigenvalue weighted by molar-refractivity contribution is 6.42. The SMILES string of the molecule is C[C@H](c1cccc([N+](=O)[O-])c1)N(C)C(=O)/C=C/c1ccc(Cl)c(Cl)c1. The molecule has 0 aliphatic carbocycles. The lowest BCUT2D eigenvalue weighted by molar-refractivity contribution is -0.384. The second-order valence-electron chi connectivity index (χ2n) is 5.48. The first-order chi connectivity index (χ1) is 11.8. The fraction of sp³-hybridized carbons (Fsp3) is 0.167. The van der Waals surface area contributed by atoms with Crippen molar-refractivity contribution in [3.63, 3.8) is 0 Å². The maximum absolute atomic E-state index is 12.3. The highest BCUT2D eigenvalue weighted by Gasteiger charge is 2.17. The zero-order chi connectivity index (χ0) is 18.6. The second kappa shape index (κ2) is 8.14. The first kappa shape index (κ1) is 19.0. The number of hydrogen-bond donors (Lipinski definition) is 0. The highest BCUT2D eigenvalue weighted by Crippen LogP contribution is 2.25. The predicted octanol–water partition coefficient (Wildman–Crippen LogP) is 5.13. The molecular formula is C18H16Cl2N2O3. The van der Waals surface area contributed by atoms with Gasteiger partial charge in [0.2, 0.25) is 5.91 Å². The molecule has 25 heavy (non-hydrogen) atoms. The molecule has 0 saturated heterocycles. The Labute approximate surface area is 155 Å². The number of non-ortho nitro benzene ring substituents is 1. The molecule has 1 amide bonds. The molecule has 7 heteroatoms. The average Bonchev–Trinajstić information content (AvgIpc) is 2.61. The Kier molecular flexibility index (Phi) is 6.17. The van der Waals surface area contributed by atoms with Gasteiger partial charge in [0.15, 0.2) is 0 Å². The van der Waals surface area contributed by atoms with Crippen molar-refractivity contribution < 1.29 is 9.72 Å². The van der Waals surface area contributed by atoms with E-state index >= 15 is 0 Å². The van der Waals surface area contributed by atoms with Crippen molar-refractivity contribution >= 4 is 40.9 Å². The van der Waals surface area contributed by atoms with Gasteiger partial charge >= 0.3 is 0 Å². The molecule has 2 aromatic carbocycles. The van der Waals surface area contributed by atoms with Crippen molar-refractivity contribution in [1.29, 1.82) is 0 Å². The third-order valence-corrected chi connectivity index (χ3v) is 4.59. The van der Waals surface area contributed by atoms with Crippen LogP contribution >= 0.6 is 23.2 Å². The first-order valence-electron chi connectivity index (χ1n) is 7.44. The third kappa shape index (κ3) is 4.81. The molecule has 0 aromatic heterocycles. The minimum Gasteiger partial charge on any atom is -0.335 e. The molecule has 2 aromatic rings. The average molecular weight is 379 g/mol. The summed E-state index contributed by atoms with van der Waals surface area (Å²) in [4.78, 5) is 24.3. The number of hydrogen-bond acceptors (Lipinski definition) is 3. The first-order valence-corrected chi connectivity index (χ1v) is 8.19. The van der Waals surface area contributed by atoms with Crippen molar-refractivity contribution in [2.45, 2.75) is 13.0 Å². The number of benzene rings is 2. The smallest absolute Gasteiger partial charge is 0.269 e. The van der Waals surface area contributed by atoms with E-state index in [2.05, 4.69) is 0 Å². The van der Waals surface area contributed by atoms with E-state index < -0.39 is 4.92 Å². The van der Waals surface area contributed by atoms with Crippen LogP contribution in [0, 0.1) is 10.1 Å². The molecule has 0 radical (unpaired) electrons. The van der Waals surface area contributed by atoms with Crippen molar-refractivity contribution in [3.05, 3.63) is 79.8 Å². The summed E-state index contributed by atoms with van der Waals surface area (Å²) >= 11 is 11.8. The van der Waals surface area contributed by atoms with Crippen molar-refractivity contribution in [3.8, 4) is 0 Å². The quantitative estimate of drug-likeness (QED) is 0.411. The molecule has 1 atom stereocenters. The van der Waals surface area contributed by atoms with Gasteiger partial charge < -0.3 is 4.90 Å². The van der Waals surface area contributed by atoms with Gasteiger partial charge in [-0.25, -0.2) is 0 Å². The Hall–Kier alpha value is -2.37. The van der Waals surface area contributed by atoms with E-state index in [-0.39, 0.29) is 17.6 Å². The largest absolute Gasteiger partial charge is 0.335 e. The molecule has 0 unspecified atom stereocenters. The summed E-state index contributed by atoms with van der Waals surface area (Å²) in [6, 6.07) is 11.0. The fourth-order valence-corrected chi connectivity index (χ4v) is 2.52. The van der Waals surface area contributed by atoms with Crippen molar-refractivity contribution in [2.24, 2.45) is 0 Å². The predicted molar refractivity (Wildman–Crippen MR) is 99.8 cm³/mol. The van der Waals surface area contributed by atoms with E-state index in [9.17, 15) is 14.9 Å². The van der Waals surface area contributed by atoms with E-state index in [0.29, 0.717) is 15.6 Å². The molecule has 0 fully saturated rings. The lowest BCUT2D eigenvalue weighted by Gasteiger charge is -2.24. The number of likely N-dealkylation sites (N-methyl/N-ethyl adjacent to an activating group) is 1. The van der Waals surface area contributed by atoms with Crippen LogP contribution in [0.4, 0.5) is 5.69 Å². The van der Waals surface area contributed by atoms with Crippen molar-refractivity contribution in [2.75, 3.05) is 7.05 Å². The van der Waals surface area contributed by atoms with Gasteiger partial charge in [-0.1, -0.05) is 41.4 Å². The number of halogens is 2. The third-order valence-electron chi connectivity index (χ3n) is 3.85. The number of carbonyl (C=O) groups excluding carboxylic acids is 1. The summed E-state index contributed by atoms with van der Waals surface area (Å²) in [5, 5.41) is 11.7. The Morgan fingerprint density at radius 2 is 1.92 bits per heavy atom. The fourth-order valence-electron chi connectivity index (χ4n) is 2.21. The van der Waals surface area contributed by atoms with Gasteiger partial charge in [0.1, 0.15) is 0 Å². The van der Waals surface area contributed by atoms with Gasteiger partial charge in [0.05, 0.1) is 21.0 Å². The van der Waals surface area contributed by atoms with Crippen LogP contribution in [0.2, 0.25) is 10.0 Å². The highest BCUT2D eigenvalue weighted by atomic mass is 35.5. The van der Waals surface area contributed by atoms with E-state index in [0.717, 1.165) is 5.56 Å². The molecule has 130 valence electrons. The molecule has 0 heterocycles. The van der Waals surface area contributed by atoms with E-state index in [1.54, 1.807) is 43.5 Å². The standard InChI is InChI=1S/C18H16Cl2N2O3/c1-12(14-4-3-5-15(11-14)22(24)25)21(2)18(23)9-7-13-6-8-16(19)17(20)10-13/h3-12H,1-2H3/b9-7+/t12-/m1/s1. The van der Waals surface area contributed by atoms with E-state index in [4.69, 9.17) is 23.2 Å². The molecule has 0 aliphatic rings. The number of nitro benzene ring substituents is 1. The molecule has 0 aliphatic heterocycles. The molecule has 0 saturated carbocycles. The van der Waals surface area contributed by atoms with Gasteiger partial charge in [-0.2, -0.15) is 0 Å². The van der Waals surface area contributed by atoms with Crippen LogP contribution in [-0.4, -0.2) is 22.8 Å².